The third kappa shape index (κ3) is 2.61. The van der Waals surface area contributed by atoms with Gasteiger partial charge >= 0.3 is 5.97 Å². The van der Waals surface area contributed by atoms with Gasteiger partial charge in [0.25, 0.3) is 0 Å². The number of esters is 1. The van der Waals surface area contributed by atoms with Gasteiger partial charge in [0.2, 0.25) is 0 Å². The second-order valence-corrected chi connectivity index (χ2v) is 5.95. The Morgan fingerprint density at radius 2 is 2.19 bits per heavy atom. The number of thioether (sulfide) groups is 1. The first kappa shape index (κ1) is 12.0. The summed E-state index contributed by atoms with van der Waals surface area (Å²) in [5.41, 5.74) is 0. The Morgan fingerprint density at radius 1 is 1.50 bits per heavy atom. The van der Waals surface area contributed by atoms with Gasteiger partial charge in [-0.25, -0.2) is 0 Å². The van der Waals surface area contributed by atoms with Crippen LogP contribution in [-0.2, 0) is 4.79 Å². The smallest absolute Gasteiger partial charge is 0.316 e. The van der Waals surface area contributed by atoms with Crippen LogP contribution >= 0.6 is 27.7 Å². The van der Waals surface area contributed by atoms with Crippen molar-refractivity contribution in [1.29, 1.82) is 0 Å². The van der Waals surface area contributed by atoms with Gasteiger partial charge in [-0.05, 0) is 30.7 Å². The summed E-state index contributed by atoms with van der Waals surface area (Å²) >= 11 is 5.19. The molecule has 1 saturated heterocycles. The van der Waals surface area contributed by atoms with Crippen molar-refractivity contribution >= 4 is 33.7 Å². The number of hydrogen-bond acceptors (Lipinski definition) is 3. The molecule has 4 heteroatoms. The Hall–Kier alpha value is -0.480. The summed E-state index contributed by atoms with van der Waals surface area (Å²) in [6.45, 7) is 2.11. The first-order valence-corrected chi connectivity index (χ1v) is 7.13. The van der Waals surface area contributed by atoms with Crippen LogP contribution in [0.25, 0.3) is 0 Å². The molecular formula is C12H13BrO2S. The SMILES string of the molecule is CCC1SCC1C(=O)Oc1ccc(Br)cc1. The molecule has 0 amide bonds. The summed E-state index contributed by atoms with van der Waals surface area (Å²) < 4.78 is 6.32. The molecule has 1 aliphatic rings. The van der Waals surface area contributed by atoms with Crippen molar-refractivity contribution in [2.45, 2.75) is 18.6 Å². The maximum absolute atomic E-state index is 11.8. The van der Waals surface area contributed by atoms with Gasteiger partial charge in [0.15, 0.2) is 0 Å². The molecule has 0 radical (unpaired) electrons. The minimum absolute atomic E-state index is 0.0821. The highest BCUT2D eigenvalue weighted by Crippen LogP contribution is 2.37. The van der Waals surface area contributed by atoms with Crippen LogP contribution in [0, 0.1) is 5.92 Å². The van der Waals surface area contributed by atoms with Crippen LogP contribution in [0.15, 0.2) is 28.7 Å². The van der Waals surface area contributed by atoms with Crippen molar-refractivity contribution in [2.75, 3.05) is 5.75 Å². The topological polar surface area (TPSA) is 26.3 Å². The summed E-state index contributed by atoms with van der Waals surface area (Å²) in [4.78, 5) is 11.8. The highest BCUT2D eigenvalue weighted by Gasteiger charge is 2.37. The Morgan fingerprint density at radius 3 is 2.69 bits per heavy atom. The second-order valence-electron chi connectivity index (χ2n) is 3.76. The van der Waals surface area contributed by atoms with E-state index in [0.717, 1.165) is 16.6 Å². The van der Waals surface area contributed by atoms with E-state index in [-0.39, 0.29) is 11.9 Å². The first-order valence-electron chi connectivity index (χ1n) is 5.29. The lowest BCUT2D eigenvalue weighted by molar-refractivity contribution is -0.138. The molecule has 1 aliphatic heterocycles. The number of carbonyl (C=O) groups is 1. The van der Waals surface area contributed by atoms with Crippen molar-refractivity contribution < 1.29 is 9.53 Å². The molecule has 2 atom stereocenters. The van der Waals surface area contributed by atoms with Gasteiger partial charge < -0.3 is 4.74 Å². The molecule has 0 spiro atoms. The summed E-state index contributed by atoms with van der Waals surface area (Å²) in [6.07, 6.45) is 1.03. The fourth-order valence-corrected chi connectivity index (χ4v) is 3.05. The van der Waals surface area contributed by atoms with Gasteiger partial charge in [0, 0.05) is 15.5 Å². The van der Waals surface area contributed by atoms with E-state index in [1.54, 1.807) is 12.1 Å². The lowest BCUT2D eigenvalue weighted by Gasteiger charge is -2.33. The van der Waals surface area contributed by atoms with Crippen LogP contribution in [-0.4, -0.2) is 17.0 Å². The van der Waals surface area contributed by atoms with Crippen molar-refractivity contribution in [2.24, 2.45) is 5.92 Å². The molecule has 0 saturated carbocycles. The molecule has 1 aromatic carbocycles. The largest absolute Gasteiger partial charge is 0.426 e. The zero-order chi connectivity index (χ0) is 11.5. The fourth-order valence-electron chi connectivity index (χ4n) is 1.65. The van der Waals surface area contributed by atoms with Crippen molar-refractivity contribution in [3.05, 3.63) is 28.7 Å². The number of hydrogen-bond donors (Lipinski definition) is 0. The van der Waals surface area contributed by atoms with Gasteiger partial charge in [0.1, 0.15) is 5.75 Å². The Bertz CT molecular complexity index is 375. The molecule has 0 aliphatic carbocycles. The quantitative estimate of drug-likeness (QED) is 0.631. The molecule has 1 fully saturated rings. The summed E-state index contributed by atoms with van der Waals surface area (Å²) in [6, 6.07) is 7.34. The van der Waals surface area contributed by atoms with Crippen molar-refractivity contribution in [1.82, 2.24) is 0 Å². The predicted octanol–water partition coefficient (Wildman–Crippen LogP) is 3.50. The van der Waals surface area contributed by atoms with Crippen molar-refractivity contribution in [3.8, 4) is 5.75 Å². The average Bonchev–Trinajstić information content (AvgIpc) is 2.20. The molecule has 1 aromatic rings. The molecule has 0 bridgehead atoms. The van der Waals surface area contributed by atoms with E-state index in [1.807, 2.05) is 23.9 Å². The number of halogens is 1. The maximum Gasteiger partial charge on any atom is 0.316 e. The van der Waals surface area contributed by atoms with E-state index in [1.165, 1.54) is 0 Å². The summed E-state index contributed by atoms with van der Waals surface area (Å²) in [7, 11) is 0. The highest BCUT2D eigenvalue weighted by atomic mass is 79.9. The third-order valence-electron chi connectivity index (χ3n) is 2.68. The van der Waals surface area contributed by atoms with Crippen LogP contribution in [0.3, 0.4) is 0 Å². The van der Waals surface area contributed by atoms with Crippen LogP contribution in [0.5, 0.6) is 5.75 Å². The van der Waals surface area contributed by atoms with Crippen LogP contribution < -0.4 is 4.74 Å². The van der Waals surface area contributed by atoms with E-state index in [0.29, 0.717) is 11.0 Å². The van der Waals surface area contributed by atoms with E-state index in [9.17, 15) is 4.79 Å². The summed E-state index contributed by atoms with van der Waals surface area (Å²) in [5.74, 6) is 1.51. The number of carbonyl (C=O) groups excluding carboxylic acids is 1. The van der Waals surface area contributed by atoms with Gasteiger partial charge in [-0.15, -0.1) is 0 Å². The monoisotopic (exact) mass is 300 g/mol. The number of benzene rings is 1. The molecule has 16 heavy (non-hydrogen) atoms. The Labute approximate surface area is 108 Å². The molecule has 2 nitrogen and oxygen atoms in total. The lowest BCUT2D eigenvalue weighted by atomic mass is 10.0. The minimum atomic E-state index is -0.0899. The zero-order valence-corrected chi connectivity index (χ0v) is 11.4. The average molecular weight is 301 g/mol. The molecule has 86 valence electrons. The Balaban J connectivity index is 1.94. The minimum Gasteiger partial charge on any atom is -0.426 e. The lowest BCUT2D eigenvalue weighted by Crippen LogP contribution is -2.39. The maximum atomic E-state index is 11.8. The van der Waals surface area contributed by atoms with Crippen LogP contribution in [0.2, 0.25) is 0 Å². The van der Waals surface area contributed by atoms with E-state index in [2.05, 4.69) is 22.9 Å². The third-order valence-corrected chi connectivity index (χ3v) is 4.85. The normalized spacial score (nSPS) is 23.6. The van der Waals surface area contributed by atoms with Gasteiger partial charge in [-0.3, -0.25) is 4.79 Å². The first-order chi connectivity index (χ1) is 7.70. The molecule has 2 rings (SSSR count). The number of rotatable bonds is 3. The van der Waals surface area contributed by atoms with Gasteiger partial charge in [-0.2, -0.15) is 11.8 Å². The predicted molar refractivity (Wildman–Crippen MR) is 69.8 cm³/mol. The second kappa shape index (κ2) is 5.23. The van der Waals surface area contributed by atoms with Gasteiger partial charge in [-0.1, -0.05) is 22.9 Å². The Kier molecular flexibility index (Phi) is 3.92. The molecule has 2 unspecified atom stereocenters. The van der Waals surface area contributed by atoms with Gasteiger partial charge in [0.05, 0.1) is 5.92 Å². The van der Waals surface area contributed by atoms with E-state index in [4.69, 9.17) is 4.74 Å². The standard InChI is InChI=1S/C12H13BrO2S/c1-2-11-10(7-16-11)12(14)15-9-5-3-8(13)4-6-9/h3-6,10-11H,2,7H2,1H3. The van der Waals surface area contributed by atoms with Crippen LogP contribution in [0.1, 0.15) is 13.3 Å². The highest BCUT2D eigenvalue weighted by molar-refractivity contribution is 9.10. The molecule has 0 aromatic heterocycles. The number of ether oxygens (including phenoxy) is 1. The molecule has 0 N–H and O–H groups in total. The molecule has 1 heterocycles. The van der Waals surface area contributed by atoms with Crippen LogP contribution in [0.4, 0.5) is 0 Å². The van der Waals surface area contributed by atoms with E-state index < -0.39 is 0 Å². The summed E-state index contributed by atoms with van der Waals surface area (Å²) in [5, 5.41) is 0.447. The fraction of sp³-hybridized carbons (Fsp3) is 0.417. The zero-order valence-electron chi connectivity index (χ0n) is 8.98. The van der Waals surface area contributed by atoms with Crippen molar-refractivity contribution in [3.63, 3.8) is 0 Å². The van der Waals surface area contributed by atoms with E-state index >= 15 is 0 Å². The molecular weight excluding hydrogens is 288 g/mol.